The van der Waals surface area contributed by atoms with Gasteiger partial charge in [-0.2, -0.15) is 9.78 Å². The molecule has 7 rings (SSSR count). The summed E-state index contributed by atoms with van der Waals surface area (Å²) in [5.41, 5.74) is 2.61. The van der Waals surface area contributed by atoms with Crippen molar-refractivity contribution in [3.63, 3.8) is 0 Å². The van der Waals surface area contributed by atoms with Crippen molar-refractivity contribution in [2.45, 2.75) is 44.5 Å². The minimum absolute atomic E-state index is 0.0732. The Balaban J connectivity index is 1.09. The summed E-state index contributed by atoms with van der Waals surface area (Å²) in [6.07, 6.45) is 5.75. The fourth-order valence-corrected chi connectivity index (χ4v) is 7.31. The van der Waals surface area contributed by atoms with Gasteiger partial charge in [0, 0.05) is 34.3 Å². The van der Waals surface area contributed by atoms with E-state index in [9.17, 15) is 24.6 Å². The maximum Gasteiger partial charge on any atom is 0.279 e. The smallest absolute Gasteiger partial charge is 0.279 e. The van der Waals surface area contributed by atoms with E-state index in [2.05, 4.69) is 21.0 Å². The van der Waals surface area contributed by atoms with Gasteiger partial charge in [-0.1, -0.05) is 89.6 Å². The van der Waals surface area contributed by atoms with Gasteiger partial charge >= 0.3 is 0 Å². The van der Waals surface area contributed by atoms with Gasteiger partial charge in [-0.05, 0) is 59.5 Å². The maximum atomic E-state index is 14.1. The van der Waals surface area contributed by atoms with E-state index in [1.807, 2.05) is 66.7 Å². The third kappa shape index (κ3) is 5.90. The van der Waals surface area contributed by atoms with E-state index in [0.29, 0.717) is 35.3 Å². The Kier molecular flexibility index (Phi) is 8.79. The van der Waals surface area contributed by atoms with E-state index in [0.717, 1.165) is 26.5 Å². The molecule has 0 saturated heterocycles. The standard InChI is InChI=1S/C39H35BrN4O5/c1-25(7-6-12-36(46)42-23-29-10-3-2-8-27(29)19-32(42)24-45)39(49)34-20-30(40)15-18-35(34)43(38(39)48)22-26-13-16-31(17-14-26)44-37(47)33-11-5-4-9-28(33)21-41-44/h2-11,13-18,20-21,25,32,45,49H,12,19,22-24H2,1H3/b7-6+/t25-,32-,39+/m0/s1. The second kappa shape index (κ2) is 13.2. The molecule has 3 heterocycles. The molecule has 4 aromatic carbocycles. The average Bonchev–Trinajstić information content (AvgIpc) is 3.33. The first kappa shape index (κ1) is 32.6. The van der Waals surface area contributed by atoms with E-state index >= 15 is 0 Å². The van der Waals surface area contributed by atoms with Crippen molar-refractivity contribution < 1.29 is 19.8 Å². The molecule has 9 nitrogen and oxygen atoms in total. The normalized spacial score (nSPS) is 19.3. The minimum Gasteiger partial charge on any atom is -0.394 e. The van der Waals surface area contributed by atoms with Crippen molar-refractivity contribution in [3.05, 3.63) is 146 Å². The minimum atomic E-state index is -1.86. The van der Waals surface area contributed by atoms with E-state index in [1.165, 1.54) is 4.68 Å². The molecule has 248 valence electrons. The third-order valence-electron chi connectivity index (χ3n) is 9.71. The van der Waals surface area contributed by atoms with Crippen LogP contribution < -0.4 is 10.5 Å². The summed E-state index contributed by atoms with van der Waals surface area (Å²) in [5, 5.41) is 27.8. The Bertz CT molecular complexity index is 2160. The molecule has 0 unspecified atom stereocenters. The number of amides is 2. The largest absolute Gasteiger partial charge is 0.394 e. The Morgan fingerprint density at radius 2 is 1.76 bits per heavy atom. The zero-order valence-electron chi connectivity index (χ0n) is 26.9. The molecular formula is C39H35BrN4O5. The van der Waals surface area contributed by atoms with Gasteiger partial charge in [0.05, 0.1) is 42.2 Å². The monoisotopic (exact) mass is 718 g/mol. The van der Waals surface area contributed by atoms with Crippen LogP contribution in [0.5, 0.6) is 0 Å². The molecule has 0 saturated carbocycles. The molecule has 5 aromatic rings. The fourth-order valence-electron chi connectivity index (χ4n) is 6.95. The van der Waals surface area contributed by atoms with Crippen molar-refractivity contribution in [3.8, 4) is 5.69 Å². The molecule has 1 aromatic heterocycles. The number of fused-ring (bicyclic) bond motifs is 3. The van der Waals surface area contributed by atoms with E-state index in [-0.39, 0.29) is 37.1 Å². The number of aliphatic hydroxyl groups excluding tert-OH is 1. The van der Waals surface area contributed by atoms with Gasteiger partial charge in [-0.15, -0.1) is 0 Å². The van der Waals surface area contributed by atoms with Gasteiger partial charge in [0.15, 0.2) is 5.60 Å². The van der Waals surface area contributed by atoms with Gasteiger partial charge in [0.25, 0.3) is 11.5 Å². The van der Waals surface area contributed by atoms with Crippen LogP contribution in [0.15, 0.2) is 119 Å². The molecule has 0 bridgehead atoms. The number of aliphatic hydroxyl groups is 2. The highest BCUT2D eigenvalue weighted by Crippen LogP contribution is 2.46. The van der Waals surface area contributed by atoms with Crippen LogP contribution in [-0.2, 0) is 34.7 Å². The Labute approximate surface area is 291 Å². The maximum absolute atomic E-state index is 14.1. The predicted octanol–water partition coefficient (Wildman–Crippen LogP) is 5.41. The van der Waals surface area contributed by atoms with Crippen molar-refractivity contribution >= 4 is 44.2 Å². The van der Waals surface area contributed by atoms with Crippen LogP contribution >= 0.6 is 15.9 Å². The first-order valence-electron chi connectivity index (χ1n) is 16.2. The van der Waals surface area contributed by atoms with Crippen LogP contribution in [0, 0.1) is 5.92 Å². The van der Waals surface area contributed by atoms with Crippen LogP contribution in [0.1, 0.15) is 35.6 Å². The van der Waals surface area contributed by atoms with Crippen molar-refractivity contribution in [2.24, 2.45) is 5.92 Å². The Morgan fingerprint density at radius 1 is 1.02 bits per heavy atom. The zero-order chi connectivity index (χ0) is 34.3. The number of hydrogen-bond donors (Lipinski definition) is 2. The molecule has 3 atom stereocenters. The summed E-state index contributed by atoms with van der Waals surface area (Å²) < 4.78 is 2.08. The molecule has 0 radical (unpaired) electrons. The van der Waals surface area contributed by atoms with E-state index in [1.54, 1.807) is 59.3 Å². The predicted molar refractivity (Wildman–Crippen MR) is 191 cm³/mol. The van der Waals surface area contributed by atoms with Gasteiger partial charge < -0.3 is 20.0 Å². The third-order valence-corrected chi connectivity index (χ3v) is 10.2. The first-order chi connectivity index (χ1) is 23.7. The summed E-state index contributed by atoms with van der Waals surface area (Å²) in [7, 11) is 0. The second-order valence-corrected chi connectivity index (χ2v) is 13.6. The molecule has 2 aliphatic heterocycles. The SMILES string of the molecule is C[C@@H](/C=C/CC(=O)N1Cc2ccccc2C[C@H]1CO)[C@]1(O)C(=O)N(Cc2ccc(-n3ncc4ccccc4c3=O)cc2)c2ccc(Br)cc21. The lowest BCUT2D eigenvalue weighted by Crippen LogP contribution is -2.46. The first-order valence-corrected chi connectivity index (χ1v) is 17.0. The summed E-state index contributed by atoms with van der Waals surface area (Å²) >= 11 is 3.50. The molecule has 49 heavy (non-hydrogen) atoms. The number of rotatable bonds is 8. The highest BCUT2D eigenvalue weighted by molar-refractivity contribution is 9.10. The summed E-state index contributed by atoms with van der Waals surface area (Å²) in [6.45, 7) is 2.27. The van der Waals surface area contributed by atoms with Gasteiger partial charge in [-0.3, -0.25) is 14.4 Å². The quantitative estimate of drug-likeness (QED) is 0.208. The number of aromatic nitrogens is 2. The van der Waals surface area contributed by atoms with Crippen molar-refractivity contribution in [1.29, 1.82) is 0 Å². The van der Waals surface area contributed by atoms with Gasteiger partial charge in [0.2, 0.25) is 5.91 Å². The zero-order valence-corrected chi connectivity index (χ0v) is 28.5. The Morgan fingerprint density at radius 3 is 2.53 bits per heavy atom. The van der Waals surface area contributed by atoms with Crippen LogP contribution in [-0.4, -0.2) is 49.4 Å². The molecule has 2 N–H and O–H groups in total. The molecule has 2 amide bonds. The molecule has 0 spiro atoms. The molecular weight excluding hydrogens is 684 g/mol. The molecule has 0 fully saturated rings. The molecule has 2 aliphatic rings. The summed E-state index contributed by atoms with van der Waals surface area (Å²) in [6, 6.07) is 27.6. The average molecular weight is 720 g/mol. The molecule has 0 aliphatic carbocycles. The topological polar surface area (TPSA) is 116 Å². The lowest BCUT2D eigenvalue weighted by molar-refractivity contribution is -0.139. The van der Waals surface area contributed by atoms with E-state index < -0.39 is 17.4 Å². The summed E-state index contributed by atoms with van der Waals surface area (Å²) in [4.78, 5) is 43.8. The number of anilines is 1. The number of nitrogens with zero attached hydrogens (tertiary/aromatic N) is 4. The van der Waals surface area contributed by atoms with Crippen LogP contribution in [0.2, 0.25) is 0 Å². The van der Waals surface area contributed by atoms with Gasteiger partial charge in [-0.25, -0.2) is 0 Å². The number of hydrogen-bond acceptors (Lipinski definition) is 6. The van der Waals surface area contributed by atoms with Crippen LogP contribution in [0.3, 0.4) is 0 Å². The Hall–Kier alpha value is -4.90. The number of carbonyl (C=O) groups is 2. The van der Waals surface area contributed by atoms with Crippen LogP contribution in [0.4, 0.5) is 5.69 Å². The number of benzene rings is 4. The lowest BCUT2D eigenvalue weighted by atomic mass is 9.83. The highest BCUT2D eigenvalue weighted by Gasteiger charge is 2.52. The fraction of sp³-hybridized carbons (Fsp3) is 0.231. The number of halogens is 1. The van der Waals surface area contributed by atoms with E-state index in [4.69, 9.17) is 0 Å². The lowest BCUT2D eigenvalue weighted by Gasteiger charge is -2.36. The highest BCUT2D eigenvalue weighted by atomic mass is 79.9. The van der Waals surface area contributed by atoms with Crippen LogP contribution in [0.25, 0.3) is 16.5 Å². The van der Waals surface area contributed by atoms with Crippen molar-refractivity contribution in [2.75, 3.05) is 11.5 Å². The van der Waals surface area contributed by atoms with Crippen molar-refractivity contribution in [1.82, 2.24) is 14.7 Å². The molecule has 10 heteroatoms. The van der Waals surface area contributed by atoms with Gasteiger partial charge in [0.1, 0.15) is 0 Å². The number of carbonyl (C=O) groups excluding carboxylic acids is 2. The summed E-state index contributed by atoms with van der Waals surface area (Å²) in [5.74, 6) is -1.25. The second-order valence-electron chi connectivity index (χ2n) is 12.7.